The third kappa shape index (κ3) is 42.1. The molecule has 0 aliphatic heterocycles. The summed E-state index contributed by atoms with van der Waals surface area (Å²) in [6.07, 6.45) is 56.5. The quantitative estimate of drug-likeness (QED) is 0.0260. The van der Waals surface area contributed by atoms with Gasteiger partial charge < -0.3 is 28.6 Å². The average Bonchev–Trinajstić information content (AvgIpc) is 3.23. The summed E-state index contributed by atoms with van der Waals surface area (Å²) in [5.74, 6) is -1.79. The molecule has 0 spiro atoms. The zero-order chi connectivity index (χ0) is 45.6. The predicted molar refractivity (Wildman–Crippen MR) is 259 cm³/mol. The van der Waals surface area contributed by atoms with E-state index >= 15 is 0 Å². The number of allylic oxidation sites excluding steroid dienone is 12. The molecule has 0 heterocycles. The number of hydrogen-bond donors (Lipinski definition) is 0. The Morgan fingerprint density at radius 3 is 1.37 bits per heavy atom. The number of likely N-dealkylation sites (N-methyl/N-ethyl adjacent to an activating group) is 1. The number of esters is 2. The average molecular weight is 868 g/mol. The summed E-state index contributed by atoms with van der Waals surface area (Å²) < 4.78 is 17.2. The Hall–Kier alpha value is -3.23. The summed E-state index contributed by atoms with van der Waals surface area (Å²) in [6.45, 7) is 4.49. The summed E-state index contributed by atoms with van der Waals surface area (Å²) >= 11 is 0. The monoisotopic (exact) mass is 868 g/mol. The molecular weight excluding hydrogens is 775 g/mol. The van der Waals surface area contributed by atoms with Gasteiger partial charge in [0.25, 0.3) is 0 Å². The van der Waals surface area contributed by atoms with Gasteiger partial charge in [0, 0.05) is 19.3 Å². The zero-order valence-electron chi connectivity index (χ0n) is 40.5. The number of nitrogens with zero attached hydrogens (tertiary/aromatic N) is 1. The molecule has 0 aromatic rings. The number of carboxylic acids is 1. The third-order valence-corrected chi connectivity index (χ3v) is 10.8. The van der Waals surface area contributed by atoms with Crippen molar-refractivity contribution in [3.05, 3.63) is 72.9 Å². The Morgan fingerprint density at radius 2 is 0.903 bits per heavy atom. The number of unbranched alkanes of at least 4 members (excludes halogenated alkanes) is 18. The number of quaternary nitrogens is 1. The van der Waals surface area contributed by atoms with Crippen molar-refractivity contribution < 1.29 is 38.2 Å². The molecule has 0 bridgehead atoms. The summed E-state index contributed by atoms with van der Waals surface area (Å²) in [7, 11) is 5.39. The fraction of sp³-hybridized carbons (Fsp3) is 0.722. The number of carbonyl (C=O) groups excluding carboxylic acids is 3. The smallest absolute Gasteiger partial charge is 0.306 e. The van der Waals surface area contributed by atoms with E-state index in [2.05, 4.69) is 86.8 Å². The highest BCUT2D eigenvalue weighted by Crippen LogP contribution is 2.14. The third-order valence-electron chi connectivity index (χ3n) is 10.8. The molecule has 8 heteroatoms. The SMILES string of the molecule is CC/C=C\C/C=C\C/C=C\C/C=C\CCCCC(=O)OC(COCCC(C(=O)[O-])[N+](C)(C)C)COC(=O)CCCCCCCCCCCCC/C=C\C/C=C\CCCCCCC. The number of ether oxygens (including phenoxy) is 3. The van der Waals surface area contributed by atoms with Crippen molar-refractivity contribution in [3.8, 4) is 0 Å². The molecule has 2 atom stereocenters. The Morgan fingerprint density at radius 1 is 0.500 bits per heavy atom. The molecule has 0 aromatic carbocycles. The van der Waals surface area contributed by atoms with E-state index in [1.807, 2.05) is 0 Å². The van der Waals surface area contributed by atoms with E-state index in [1.165, 1.54) is 96.3 Å². The standard InChI is InChI=1S/C54H93NO7/c1-6-8-10-12-14-16-18-20-22-23-24-25-26-27-28-29-31-32-34-36-38-40-42-44-52(56)61-49-50(48-60-47-46-51(54(58)59)55(3,4)5)62-53(57)45-43-41-39-37-35-33-30-21-19-17-15-13-11-9-7-2/h9,11,15,17-18,20-21,23-24,30,35,37,50-51H,6-8,10,12-14,16,19,22,25-29,31-34,36,38-49H2,1-5H3/b11-9-,17-15-,20-18-,24-23-,30-21-,37-35-. The number of rotatable bonds is 44. The van der Waals surface area contributed by atoms with Gasteiger partial charge in [-0.05, 0) is 83.5 Å². The fourth-order valence-corrected chi connectivity index (χ4v) is 6.97. The minimum Gasteiger partial charge on any atom is -0.544 e. The highest BCUT2D eigenvalue weighted by molar-refractivity contribution is 5.70. The highest BCUT2D eigenvalue weighted by Gasteiger charge is 2.25. The molecule has 2 unspecified atom stereocenters. The zero-order valence-corrected chi connectivity index (χ0v) is 40.5. The molecule has 0 fully saturated rings. The lowest BCUT2D eigenvalue weighted by atomic mass is 10.0. The minimum absolute atomic E-state index is 0.0205. The van der Waals surface area contributed by atoms with E-state index in [-0.39, 0.29) is 49.1 Å². The maximum atomic E-state index is 12.7. The second-order valence-electron chi connectivity index (χ2n) is 17.7. The predicted octanol–water partition coefficient (Wildman–Crippen LogP) is 13.0. The van der Waals surface area contributed by atoms with Gasteiger partial charge in [0.05, 0.1) is 40.3 Å². The molecule has 0 N–H and O–H groups in total. The minimum atomic E-state index is -1.13. The molecule has 62 heavy (non-hydrogen) atoms. The molecule has 0 aromatic heterocycles. The van der Waals surface area contributed by atoms with Crippen LogP contribution in [-0.2, 0) is 28.6 Å². The summed E-state index contributed by atoms with van der Waals surface area (Å²) in [4.78, 5) is 37.0. The molecule has 0 saturated carbocycles. The topological polar surface area (TPSA) is 102 Å². The molecule has 0 saturated heterocycles. The van der Waals surface area contributed by atoms with Crippen LogP contribution in [0.2, 0.25) is 0 Å². The molecule has 8 nitrogen and oxygen atoms in total. The number of hydrogen-bond acceptors (Lipinski definition) is 7. The molecular formula is C54H93NO7. The van der Waals surface area contributed by atoms with E-state index in [9.17, 15) is 19.5 Å². The van der Waals surface area contributed by atoms with E-state index < -0.39 is 18.1 Å². The Balaban J connectivity index is 4.27. The first-order valence-electron chi connectivity index (χ1n) is 25.0. The van der Waals surface area contributed by atoms with Crippen LogP contribution in [0.5, 0.6) is 0 Å². The lowest BCUT2D eigenvalue weighted by Crippen LogP contribution is -2.55. The van der Waals surface area contributed by atoms with Crippen LogP contribution >= 0.6 is 0 Å². The first kappa shape index (κ1) is 58.8. The van der Waals surface area contributed by atoms with Crippen molar-refractivity contribution in [2.45, 2.75) is 212 Å². The number of aliphatic carboxylic acids is 1. The Bertz CT molecular complexity index is 1240. The number of carbonyl (C=O) groups is 3. The lowest BCUT2D eigenvalue weighted by Gasteiger charge is -2.34. The van der Waals surface area contributed by atoms with Crippen LogP contribution in [0.4, 0.5) is 0 Å². The molecule has 0 aliphatic carbocycles. The molecule has 0 amide bonds. The maximum Gasteiger partial charge on any atom is 0.306 e. The van der Waals surface area contributed by atoms with Crippen LogP contribution in [0.3, 0.4) is 0 Å². The van der Waals surface area contributed by atoms with Gasteiger partial charge in [-0.3, -0.25) is 9.59 Å². The Labute approximate surface area is 381 Å². The lowest BCUT2D eigenvalue weighted by molar-refractivity contribution is -0.889. The van der Waals surface area contributed by atoms with Crippen LogP contribution in [0.15, 0.2) is 72.9 Å². The molecule has 0 radical (unpaired) electrons. The molecule has 0 rings (SSSR count). The fourth-order valence-electron chi connectivity index (χ4n) is 6.97. The van der Waals surface area contributed by atoms with Crippen molar-refractivity contribution in [1.82, 2.24) is 0 Å². The van der Waals surface area contributed by atoms with E-state index in [0.717, 1.165) is 64.2 Å². The van der Waals surface area contributed by atoms with Crippen molar-refractivity contribution in [2.75, 3.05) is 41.0 Å². The second kappa shape index (κ2) is 44.4. The van der Waals surface area contributed by atoms with Crippen molar-refractivity contribution in [1.29, 1.82) is 0 Å². The van der Waals surface area contributed by atoms with Crippen LogP contribution in [0.1, 0.15) is 200 Å². The van der Waals surface area contributed by atoms with E-state index in [1.54, 1.807) is 21.1 Å². The largest absolute Gasteiger partial charge is 0.544 e. The van der Waals surface area contributed by atoms with Crippen LogP contribution in [0.25, 0.3) is 0 Å². The summed E-state index contributed by atoms with van der Waals surface area (Å²) in [6, 6.07) is -0.737. The van der Waals surface area contributed by atoms with Crippen molar-refractivity contribution in [2.24, 2.45) is 0 Å². The summed E-state index contributed by atoms with van der Waals surface area (Å²) in [5.41, 5.74) is 0. The maximum absolute atomic E-state index is 12.7. The van der Waals surface area contributed by atoms with Crippen LogP contribution in [-0.4, -0.2) is 75.5 Å². The van der Waals surface area contributed by atoms with E-state index in [4.69, 9.17) is 14.2 Å². The van der Waals surface area contributed by atoms with Gasteiger partial charge in [0.1, 0.15) is 12.6 Å². The molecule has 0 aliphatic rings. The van der Waals surface area contributed by atoms with Crippen LogP contribution < -0.4 is 5.11 Å². The van der Waals surface area contributed by atoms with Crippen molar-refractivity contribution in [3.63, 3.8) is 0 Å². The number of carboxylic acid groups (broad SMARTS) is 1. The Kier molecular flexibility index (Phi) is 42.1. The first-order valence-corrected chi connectivity index (χ1v) is 25.0. The van der Waals surface area contributed by atoms with Gasteiger partial charge >= 0.3 is 11.9 Å². The summed E-state index contributed by atoms with van der Waals surface area (Å²) in [5, 5.41) is 11.6. The van der Waals surface area contributed by atoms with Gasteiger partial charge in [-0.15, -0.1) is 0 Å². The van der Waals surface area contributed by atoms with Crippen molar-refractivity contribution >= 4 is 17.9 Å². The molecule has 356 valence electrons. The first-order chi connectivity index (χ1) is 30.1. The van der Waals surface area contributed by atoms with Gasteiger partial charge in [0.2, 0.25) is 0 Å². The van der Waals surface area contributed by atoms with E-state index in [0.29, 0.717) is 12.8 Å². The van der Waals surface area contributed by atoms with Gasteiger partial charge in [-0.25, -0.2) is 0 Å². The van der Waals surface area contributed by atoms with Crippen LogP contribution in [0, 0.1) is 0 Å². The van der Waals surface area contributed by atoms with Gasteiger partial charge in [-0.2, -0.15) is 0 Å². The highest BCUT2D eigenvalue weighted by atomic mass is 16.6. The van der Waals surface area contributed by atoms with Gasteiger partial charge in [0.15, 0.2) is 6.10 Å². The normalized spacial score (nSPS) is 13.5. The second-order valence-corrected chi connectivity index (χ2v) is 17.7. The van der Waals surface area contributed by atoms with Gasteiger partial charge in [-0.1, -0.05) is 170 Å².